The zero-order chi connectivity index (χ0) is 11.1. The van der Waals surface area contributed by atoms with Gasteiger partial charge in [-0.25, -0.2) is 4.79 Å². The van der Waals surface area contributed by atoms with Gasteiger partial charge in [-0.15, -0.1) is 0 Å². The van der Waals surface area contributed by atoms with Crippen LogP contribution in [-0.4, -0.2) is 30.1 Å². The summed E-state index contributed by atoms with van der Waals surface area (Å²) in [4.78, 5) is 33.6. The van der Waals surface area contributed by atoms with Crippen molar-refractivity contribution in [2.75, 3.05) is 6.61 Å². The van der Waals surface area contributed by atoms with Crippen LogP contribution in [0.1, 0.15) is 19.8 Å². The number of imide groups is 1. The lowest BCUT2D eigenvalue weighted by molar-refractivity contribution is -0.155. The van der Waals surface area contributed by atoms with Crippen LogP contribution in [0.5, 0.6) is 0 Å². The second kappa shape index (κ2) is 3.22. The fourth-order valence-electron chi connectivity index (χ4n) is 2.02. The molecule has 1 aliphatic heterocycles. The normalized spacial score (nSPS) is 33.3. The van der Waals surface area contributed by atoms with Crippen LogP contribution in [0.25, 0.3) is 0 Å². The van der Waals surface area contributed by atoms with Gasteiger partial charge in [0.05, 0.1) is 12.5 Å². The predicted molar refractivity (Wildman–Crippen MR) is 48.8 cm³/mol. The van der Waals surface area contributed by atoms with Crippen molar-refractivity contribution >= 4 is 17.9 Å². The average molecular weight is 212 g/mol. The number of hydrogen-bond acceptors (Lipinski definition) is 4. The van der Waals surface area contributed by atoms with Crippen LogP contribution in [0.3, 0.4) is 0 Å². The predicted octanol–water partition coefficient (Wildman–Crippen LogP) is -0.462. The Morgan fingerprint density at radius 1 is 1.53 bits per heavy atom. The first-order valence-corrected chi connectivity index (χ1v) is 4.87. The Morgan fingerprint density at radius 2 is 2.20 bits per heavy atom. The van der Waals surface area contributed by atoms with E-state index in [9.17, 15) is 14.4 Å². The van der Waals surface area contributed by atoms with Crippen molar-refractivity contribution in [2.45, 2.75) is 25.3 Å². The van der Waals surface area contributed by atoms with Gasteiger partial charge >= 0.3 is 12.0 Å². The Kier molecular flexibility index (Phi) is 2.13. The molecule has 82 valence electrons. The molecule has 3 amide bonds. The van der Waals surface area contributed by atoms with E-state index in [0.29, 0.717) is 19.4 Å². The first-order chi connectivity index (χ1) is 7.07. The summed E-state index contributed by atoms with van der Waals surface area (Å²) in [6.07, 6.45) is 0.673. The molecule has 0 unspecified atom stereocenters. The van der Waals surface area contributed by atoms with Crippen LogP contribution in [0.4, 0.5) is 4.79 Å². The molecular weight excluding hydrogens is 200 g/mol. The Bertz CT molecular complexity index is 333. The van der Waals surface area contributed by atoms with Gasteiger partial charge in [0.25, 0.3) is 5.91 Å². The van der Waals surface area contributed by atoms with Gasteiger partial charge in [0.2, 0.25) is 0 Å². The number of amides is 3. The zero-order valence-electron chi connectivity index (χ0n) is 8.33. The molecule has 1 aliphatic carbocycles. The highest BCUT2D eigenvalue weighted by Gasteiger charge is 2.57. The van der Waals surface area contributed by atoms with E-state index in [4.69, 9.17) is 4.74 Å². The molecule has 1 spiro atoms. The highest BCUT2D eigenvalue weighted by Crippen LogP contribution is 2.40. The molecule has 0 radical (unpaired) electrons. The molecule has 0 aromatic heterocycles. The van der Waals surface area contributed by atoms with E-state index in [0.717, 1.165) is 0 Å². The molecule has 0 atom stereocenters. The lowest BCUT2D eigenvalue weighted by Crippen LogP contribution is -2.58. The van der Waals surface area contributed by atoms with Gasteiger partial charge in [0, 0.05) is 0 Å². The number of esters is 1. The molecule has 2 rings (SSSR count). The van der Waals surface area contributed by atoms with E-state index in [1.165, 1.54) is 0 Å². The minimum atomic E-state index is -0.853. The van der Waals surface area contributed by atoms with Crippen LogP contribution < -0.4 is 10.6 Å². The fourth-order valence-corrected chi connectivity index (χ4v) is 2.02. The van der Waals surface area contributed by atoms with Crippen LogP contribution in [0, 0.1) is 5.92 Å². The van der Waals surface area contributed by atoms with Crippen LogP contribution in [-0.2, 0) is 14.3 Å². The maximum atomic E-state index is 11.4. The Balaban J connectivity index is 1.94. The van der Waals surface area contributed by atoms with Gasteiger partial charge in [0.15, 0.2) is 0 Å². The minimum absolute atomic E-state index is 0.269. The lowest BCUT2D eigenvalue weighted by Gasteiger charge is -2.40. The number of carbonyl (C=O) groups excluding carboxylic acids is 3. The first-order valence-electron chi connectivity index (χ1n) is 4.87. The molecule has 2 aliphatic rings. The van der Waals surface area contributed by atoms with E-state index < -0.39 is 11.6 Å². The molecule has 1 heterocycles. The van der Waals surface area contributed by atoms with Crippen LogP contribution in [0.2, 0.25) is 0 Å². The molecule has 6 heteroatoms. The first kappa shape index (κ1) is 9.95. The third-order valence-corrected chi connectivity index (χ3v) is 2.82. The molecule has 1 saturated heterocycles. The van der Waals surface area contributed by atoms with Crippen molar-refractivity contribution in [1.82, 2.24) is 10.6 Å². The Labute approximate surface area is 86.3 Å². The van der Waals surface area contributed by atoms with Gasteiger partial charge in [-0.3, -0.25) is 14.9 Å². The third-order valence-electron chi connectivity index (χ3n) is 2.82. The SMILES string of the molecule is CCOC(=O)[C@H]1C[C@@]2(C1)NC(=O)NC2=O. The molecule has 0 aromatic carbocycles. The number of hydrogen-bond donors (Lipinski definition) is 2. The number of urea groups is 1. The average Bonchev–Trinajstić information content (AvgIpc) is 2.38. The van der Waals surface area contributed by atoms with Crippen molar-refractivity contribution in [2.24, 2.45) is 5.92 Å². The number of rotatable bonds is 2. The monoisotopic (exact) mass is 212 g/mol. The Morgan fingerprint density at radius 3 is 2.67 bits per heavy atom. The lowest BCUT2D eigenvalue weighted by atomic mass is 9.68. The van der Waals surface area contributed by atoms with Crippen LogP contribution in [0.15, 0.2) is 0 Å². The van der Waals surface area contributed by atoms with E-state index in [-0.39, 0.29) is 17.8 Å². The fraction of sp³-hybridized carbons (Fsp3) is 0.667. The Hall–Kier alpha value is -1.59. The quantitative estimate of drug-likeness (QED) is 0.479. The van der Waals surface area contributed by atoms with Gasteiger partial charge < -0.3 is 10.1 Å². The summed E-state index contributed by atoms with van der Waals surface area (Å²) in [5, 5.41) is 4.70. The van der Waals surface area contributed by atoms with Crippen molar-refractivity contribution in [1.29, 1.82) is 0 Å². The molecule has 0 aromatic rings. The summed E-state index contributed by atoms with van der Waals surface area (Å²) < 4.78 is 4.83. The van der Waals surface area contributed by atoms with E-state index in [1.807, 2.05) is 0 Å². The van der Waals surface area contributed by atoms with E-state index in [1.54, 1.807) is 6.92 Å². The topological polar surface area (TPSA) is 84.5 Å². The molecule has 0 bridgehead atoms. The molecular formula is C9H12N2O4. The van der Waals surface area contributed by atoms with Gasteiger partial charge in [-0.05, 0) is 19.8 Å². The summed E-state index contributed by atoms with van der Waals surface area (Å²) >= 11 is 0. The third kappa shape index (κ3) is 1.45. The highest BCUT2D eigenvalue weighted by atomic mass is 16.5. The van der Waals surface area contributed by atoms with Gasteiger partial charge in [-0.2, -0.15) is 0 Å². The molecule has 6 nitrogen and oxygen atoms in total. The number of carbonyl (C=O) groups is 3. The van der Waals surface area contributed by atoms with Crippen molar-refractivity contribution in [3.8, 4) is 0 Å². The summed E-state index contributed by atoms with van der Waals surface area (Å²) in [6.45, 7) is 2.07. The smallest absolute Gasteiger partial charge is 0.322 e. The maximum Gasteiger partial charge on any atom is 0.322 e. The van der Waals surface area contributed by atoms with Gasteiger partial charge in [-0.1, -0.05) is 0 Å². The summed E-state index contributed by atoms with van der Waals surface area (Å²) in [7, 11) is 0. The summed E-state index contributed by atoms with van der Waals surface area (Å²) in [5.74, 6) is -0.903. The zero-order valence-corrected chi connectivity index (χ0v) is 8.33. The summed E-state index contributed by atoms with van der Waals surface area (Å²) in [5.41, 5.74) is -0.853. The highest BCUT2D eigenvalue weighted by molar-refractivity contribution is 6.08. The van der Waals surface area contributed by atoms with Crippen molar-refractivity contribution in [3.05, 3.63) is 0 Å². The number of ether oxygens (including phenoxy) is 1. The molecule has 15 heavy (non-hydrogen) atoms. The standard InChI is InChI=1S/C9H12N2O4/c1-2-15-6(12)5-3-9(4-5)7(13)10-8(14)11-9/h5H,2-4H2,1H3,(H2,10,11,13,14)/t5-,9-. The number of nitrogens with one attached hydrogen (secondary N) is 2. The molecule has 1 saturated carbocycles. The molecule has 2 N–H and O–H groups in total. The minimum Gasteiger partial charge on any atom is -0.466 e. The van der Waals surface area contributed by atoms with Crippen molar-refractivity contribution in [3.63, 3.8) is 0 Å². The second-order valence-corrected chi connectivity index (χ2v) is 3.85. The second-order valence-electron chi connectivity index (χ2n) is 3.85. The molecule has 2 fully saturated rings. The summed E-state index contributed by atoms with van der Waals surface area (Å²) in [6, 6.07) is -0.484. The maximum absolute atomic E-state index is 11.4. The van der Waals surface area contributed by atoms with E-state index in [2.05, 4.69) is 10.6 Å². The van der Waals surface area contributed by atoms with Gasteiger partial charge in [0.1, 0.15) is 5.54 Å². The van der Waals surface area contributed by atoms with Crippen molar-refractivity contribution < 1.29 is 19.1 Å². The van der Waals surface area contributed by atoms with Crippen LogP contribution >= 0.6 is 0 Å². The largest absolute Gasteiger partial charge is 0.466 e. The van der Waals surface area contributed by atoms with E-state index >= 15 is 0 Å².